The standard InChI is InChI=1S/C9H17N3O/c1-6(7-5-9(7,2)3)11-12(4)8(10)13/h7H,5H2,1-4H3,(H2,10,13)/b11-6+. The highest BCUT2D eigenvalue weighted by Crippen LogP contribution is 2.52. The van der Waals surface area contributed by atoms with E-state index in [2.05, 4.69) is 18.9 Å². The van der Waals surface area contributed by atoms with Gasteiger partial charge in [0.15, 0.2) is 0 Å². The van der Waals surface area contributed by atoms with Gasteiger partial charge in [-0.05, 0) is 18.8 Å². The second-order valence-corrected chi connectivity index (χ2v) is 4.35. The number of nitrogens with two attached hydrogens (primary N) is 1. The Labute approximate surface area is 78.8 Å². The fourth-order valence-electron chi connectivity index (χ4n) is 1.54. The van der Waals surface area contributed by atoms with E-state index in [1.165, 1.54) is 5.01 Å². The first-order valence-corrected chi connectivity index (χ1v) is 4.43. The van der Waals surface area contributed by atoms with E-state index in [-0.39, 0.29) is 0 Å². The summed E-state index contributed by atoms with van der Waals surface area (Å²) < 4.78 is 0. The quantitative estimate of drug-likeness (QED) is 0.511. The molecule has 1 saturated carbocycles. The summed E-state index contributed by atoms with van der Waals surface area (Å²) in [5.41, 5.74) is 6.40. The van der Waals surface area contributed by atoms with Crippen molar-refractivity contribution in [2.45, 2.75) is 27.2 Å². The molecule has 0 heterocycles. The summed E-state index contributed by atoms with van der Waals surface area (Å²) in [4.78, 5) is 10.7. The molecule has 2 amide bonds. The molecular formula is C9H17N3O. The smallest absolute Gasteiger partial charge is 0.334 e. The molecule has 0 aromatic rings. The normalized spacial score (nSPS) is 25.5. The molecule has 1 atom stereocenters. The molecule has 1 aliphatic carbocycles. The van der Waals surface area contributed by atoms with E-state index in [0.717, 1.165) is 12.1 Å². The minimum Gasteiger partial charge on any atom is -0.350 e. The molecule has 0 aromatic heterocycles. The molecule has 0 saturated heterocycles. The van der Waals surface area contributed by atoms with Gasteiger partial charge in [-0.25, -0.2) is 9.80 Å². The van der Waals surface area contributed by atoms with Crippen molar-refractivity contribution in [1.82, 2.24) is 5.01 Å². The van der Waals surface area contributed by atoms with Crippen LogP contribution in [0.2, 0.25) is 0 Å². The number of amides is 2. The zero-order valence-corrected chi connectivity index (χ0v) is 8.66. The van der Waals surface area contributed by atoms with E-state index < -0.39 is 6.03 Å². The van der Waals surface area contributed by atoms with E-state index in [4.69, 9.17) is 5.73 Å². The number of nitrogens with zero attached hydrogens (tertiary/aromatic N) is 2. The average Bonchev–Trinajstić information content (AvgIpc) is 2.59. The maximum atomic E-state index is 10.7. The van der Waals surface area contributed by atoms with E-state index in [1.54, 1.807) is 7.05 Å². The first-order chi connectivity index (χ1) is 5.84. The molecule has 13 heavy (non-hydrogen) atoms. The maximum Gasteiger partial charge on any atom is 0.334 e. The second-order valence-electron chi connectivity index (χ2n) is 4.35. The van der Waals surface area contributed by atoms with Crippen LogP contribution in [0.5, 0.6) is 0 Å². The van der Waals surface area contributed by atoms with Gasteiger partial charge in [0.2, 0.25) is 0 Å². The van der Waals surface area contributed by atoms with E-state index in [0.29, 0.717) is 11.3 Å². The van der Waals surface area contributed by atoms with Crippen LogP contribution in [0.4, 0.5) is 4.79 Å². The molecule has 2 N–H and O–H groups in total. The topological polar surface area (TPSA) is 58.7 Å². The summed E-state index contributed by atoms with van der Waals surface area (Å²) in [5, 5.41) is 5.29. The van der Waals surface area contributed by atoms with Crippen LogP contribution in [0, 0.1) is 11.3 Å². The molecule has 0 bridgehead atoms. The van der Waals surface area contributed by atoms with Gasteiger partial charge < -0.3 is 5.73 Å². The summed E-state index contributed by atoms with van der Waals surface area (Å²) in [6.07, 6.45) is 1.15. The lowest BCUT2D eigenvalue weighted by atomic mass is 10.1. The number of hydrogen-bond donors (Lipinski definition) is 1. The Hall–Kier alpha value is -1.06. The Bertz CT molecular complexity index is 258. The molecule has 4 heteroatoms. The zero-order valence-electron chi connectivity index (χ0n) is 8.66. The molecule has 1 rings (SSSR count). The molecular weight excluding hydrogens is 166 g/mol. The number of rotatable bonds is 2. The first-order valence-electron chi connectivity index (χ1n) is 4.43. The van der Waals surface area contributed by atoms with Crippen LogP contribution < -0.4 is 5.73 Å². The van der Waals surface area contributed by atoms with Gasteiger partial charge in [0.25, 0.3) is 0 Å². The largest absolute Gasteiger partial charge is 0.350 e. The Morgan fingerprint density at radius 2 is 2.08 bits per heavy atom. The highest BCUT2D eigenvalue weighted by molar-refractivity contribution is 5.88. The molecule has 74 valence electrons. The SMILES string of the molecule is C/C(=N\N(C)C(N)=O)C1CC1(C)C. The average molecular weight is 183 g/mol. The van der Waals surface area contributed by atoms with Crippen LogP contribution in [-0.4, -0.2) is 23.8 Å². The number of carbonyl (C=O) groups is 1. The number of urea groups is 1. The second kappa shape index (κ2) is 3.01. The maximum absolute atomic E-state index is 10.7. The molecule has 0 radical (unpaired) electrons. The fraction of sp³-hybridized carbons (Fsp3) is 0.778. The van der Waals surface area contributed by atoms with Crippen molar-refractivity contribution in [3.63, 3.8) is 0 Å². The highest BCUT2D eigenvalue weighted by atomic mass is 16.2. The van der Waals surface area contributed by atoms with Crippen molar-refractivity contribution in [2.75, 3.05) is 7.05 Å². The van der Waals surface area contributed by atoms with E-state index >= 15 is 0 Å². The predicted molar refractivity (Wildman–Crippen MR) is 52.3 cm³/mol. The van der Waals surface area contributed by atoms with Gasteiger partial charge in [-0.15, -0.1) is 0 Å². The van der Waals surface area contributed by atoms with Gasteiger partial charge >= 0.3 is 6.03 Å². The van der Waals surface area contributed by atoms with E-state index in [9.17, 15) is 4.79 Å². The number of hydrogen-bond acceptors (Lipinski definition) is 2. The lowest BCUT2D eigenvalue weighted by Crippen LogP contribution is -2.28. The molecule has 1 aliphatic rings. The van der Waals surface area contributed by atoms with Crippen molar-refractivity contribution < 1.29 is 4.79 Å². The van der Waals surface area contributed by atoms with Crippen LogP contribution in [0.3, 0.4) is 0 Å². The van der Waals surface area contributed by atoms with Gasteiger partial charge in [0.1, 0.15) is 0 Å². The van der Waals surface area contributed by atoms with E-state index in [1.807, 2.05) is 6.92 Å². The van der Waals surface area contributed by atoms with Crippen LogP contribution in [0.1, 0.15) is 27.2 Å². The van der Waals surface area contributed by atoms with Gasteiger partial charge in [0.05, 0.1) is 0 Å². The minimum atomic E-state index is -0.516. The van der Waals surface area contributed by atoms with Crippen molar-refractivity contribution in [1.29, 1.82) is 0 Å². The highest BCUT2D eigenvalue weighted by Gasteiger charge is 2.47. The Morgan fingerprint density at radius 3 is 2.38 bits per heavy atom. The van der Waals surface area contributed by atoms with Crippen LogP contribution in [0.25, 0.3) is 0 Å². The fourth-order valence-corrected chi connectivity index (χ4v) is 1.54. The summed E-state index contributed by atoms with van der Waals surface area (Å²) >= 11 is 0. The third-order valence-corrected chi connectivity index (χ3v) is 2.64. The van der Waals surface area contributed by atoms with Gasteiger partial charge in [-0.1, -0.05) is 13.8 Å². The summed E-state index contributed by atoms with van der Waals surface area (Å²) in [7, 11) is 1.57. The van der Waals surface area contributed by atoms with Crippen molar-refractivity contribution in [2.24, 2.45) is 22.2 Å². The Morgan fingerprint density at radius 1 is 1.62 bits per heavy atom. The molecule has 0 aromatic carbocycles. The number of primary amides is 1. The minimum absolute atomic E-state index is 0.353. The molecule has 0 spiro atoms. The Balaban J connectivity index is 2.58. The molecule has 0 aliphatic heterocycles. The number of carbonyl (C=O) groups excluding carboxylic acids is 1. The van der Waals surface area contributed by atoms with Crippen LogP contribution >= 0.6 is 0 Å². The molecule has 1 unspecified atom stereocenters. The third-order valence-electron chi connectivity index (χ3n) is 2.64. The Kier molecular flexibility index (Phi) is 2.32. The van der Waals surface area contributed by atoms with Gasteiger partial charge in [-0.3, -0.25) is 0 Å². The first kappa shape index (κ1) is 10.0. The van der Waals surface area contributed by atoms with Crippen molar-refractivity contribution in [3.8, 4) is 0 Å². The van der Waals surface area contributed by atoms with Crippen molar-refractivity contribution in [3.05, 3.63) is 0 Å². The monoisotopic (exact) mass is 183 g/mol. The number of hydrazone groups is 1. The molecule has 1 fully saturated rings. The van der Waals surface area contributed by atoms with Gasteiger partial charge in [-0.2, -0.15) is 5.10 Å². The zero-order chi connectivity index (χ0) is 10.2. The van der Waals surface area contributed by atoms with Gasteiger partial charge in [0, 0.05) is 18.7 Å². The predicted octanol–water partition coefficient (Wildman–Crippen LogP) is 1.42. The lowest BCUT2D eigenvalue weighted by molar-refractivity contribution is 0.220. The molecule has 4 nitrogen and oxygen atoms in total. The summed E-state index contributed by atoms with van der Waals surface area (Å²) in [6, 6.07) is -0.516. The van der Waals surface area contributed by atoms with Crippen LogP contribution in [-0.2, 0) is 0 Å². The summed E-state index contributed by atoms with van der Waals surface area (Å²) in [6.45, 7) is 6.33. The van der Waals surface area contributed by atoms with Crippen molar-refractivity contribution >= 4 is 11.7 Å². The third kappa shape index (κ3) is 2.20. The lowest BCUT2D eigenvalue weighted by Gasteiger charge is -2.09. The summed E-state index contributed by atoms with van der Waals surface area (Å²) in [5.74, 6) is 0.509. The van der Waals surface area contributed by atoms with Crippen LogP contribution in [0.15, 0.2) is 5.10 Å².